The van der Waals surface area contributed by atoms with Crippen molar-refractivity contribution < 1.29 is 18.0 Å². The summed E-state index contributed by atoms with van der Waals surface area (Å²) < 4.78 is 36.3. The van der Waals surface area contributed by atoms with Crippen molar-refractivity contribution in [1.82, 2.24) is 0 Å². The number of rotatable bonds is 2. The maximum absolute atomic E-state index is 12.1. The molecule has 0 aliphatic rings. The van der Waals surface area contributed by atoms with E-state index in [4.69, 9.17) is 0 Å². The van der Waals surface area contributed by atoms with Crippen LogP contribution in [0.4, 0.5) is 13.2 Å². The van der Waals surface area contributed by atoms with Gasteiger partial charge in [0.25, 0.3) is 0 Å². The van der Waals surface area contributed by atoms with Crippen molar-refractivity contribution in [2.24, 2.45) is 0 Å². The number of Topliss-reactive ketones (excluding diaryl/α,β-unsaturated/α-hetero) is 1. The van der Waals surface area contributed by atoms with Gasteiger partial charge in [-0.15, -0.1) is 0 Å². The first-order valence-corrected chi connectivity index (χ1v) is 5.30. The third-order valence-corrected chi connectivity index (χ3v) is 2.41. The van der Waals surface area contributed by atoms with Crippen molar-refractivity contribution in [1.29, 1.82) is 0 Å². The predicted molar refractivity (Wildman–Crippen MR) is 60.1 cm³/mol. The maximum atomic E-state index is 12.1. The van der Waals surface area contributed by atoms with E-state index >= 15 is 0 Å². The number of halogens is 3. The van der Waals surface area contributed by atoms with Crippen LogP contribution in [0.15, 0.2) is 24.3 Å². The average molecular weight is 244 g/mol. The van der Waals surface area contributed by atoms with E-state index < -0.39 is 18.4 Å². The molecule has 0 aromatic heterocycles. The number of ketones is 1. The van der Waals surface area contributed by atoms with Crippen LogP contribution in [0.5, 0.6) is 0 Å². The normalized spacial score (nSPS) is 12.6. The summed E-state index contributed by atoms with van der Waals surface area (Å²) >= 11 is 0. The van der Waals surface area contributed by atoms with Crippen molar-refractivity contribution in [3.8, 4) is 0 Å². The molecule has 0 saturated heterocycles. The van der Waals surface area contributed by atoms with Gasteiger partial charge in [-0.3, -0.25) is 4.79 Å². The molecular formula is C13H15F3O. The molecule has 0 spiro atoms. The van der Waals surface area contributed by atoms with Gasteiger partial charge in [0.1, 0.15) is 6.42 Å². The molecular weight excluding hydrogens is 229 g/mol. The third-order valence-electron chi connectivity index (χ3n) is 2.41. The van der Waals surface area contributed by atoms with Crippen LogP contribution < -0.4 is 0 Å². The summed E-state index contributed by atoms with van der Waals surface area (Å²) in [5.41, 5.74) is 0.786. The summed E-state index contributed by atoms with van der Waals surface area (Å²) in [7, 11) is 0. The molecule has 0 atom stereocenters. The third kappa shape index (κ3) is 4.21. The minimum absolute atomic E-state index is 0.120. The summed E-state index contributed by atoms with van der Waals surface area (Å²) in [4.78, 5) is 11.4. The lowest BCUT2D eigenvalue weighted by molar-refractivity contribution is -0.125. The highest BCUT2D eigenvalue weighted by atomic mass is 19.4. The Morgan fingerprint density at radius 2 is 1.76 bits per heavy atom. The molecule has 94 valence electrons. The molecule has 0 aliphatic heterocycles. The van der Waals surface area contributed by atoms with Crippen molar-refractivity contribution in [3.63, 3.8) is 0 Å². The van der Waals surface area contributed by atoms with E-state index in [9.17, 15) is 18.0 Å². The van der Waals surface area contributed by atoms with Crippen LogP contribution in [0.3, 0.4) is 0 Å². The SMILES string of the molecule is CC(C)(C)c1cccc(C(=O)CC(F)(F)F)c1. The summed E-state index contributed by atoms with van der Waals surface area (Å²) in [6, 6.07) is 6.38. The monoisotopic (exact) mass is 244 g/mol. The Kier molecular flexibility index (Phi) is 3.65. The number of alkyl halides is 3. The van der Waals surface area contributed by atoms with Crippen LogP contribution in [0.25, 0.3) is 0 Å². The van der Waals surface area contributed by atoms with Gasteiger partial charge in [-0.1, -0.05) is 39.0 Å². The van der Waals surface area contributed by atoms with Crippen LogP contribution in [-0.4, -0.2) is 12.0 Å². The lowest BCUT2D eigenvalue weighted by Crippen LogP contribution is -2.16. The highest BCUT2D eigenvalue weighted by molar-refractivity contribution is 5.96. The Balaban J connectivity index is 2.97. The second-order valence-corrected chi connectivity index (χ2v) is 5.05. The van der Waals surface area contributed by atoms with Gasteiger partial charge in [-0.05, 0) is 17.0 Å². The Morgan fingerprint density at radius 3 is 2.24 bits per heavy atom. The highest BCUT2D eigenvalue weighted by Crippen LogP contribution is 2.26. The molecule has 17 heavy (non-hydrogen) atoms. The van der Waals surface area contributed by atoms with Gasteiger partial charge >= 0.3 is 6.18 Å². The molecule has 1 nitrogen and oxygen atoms in total. The molecule has 0 saturated carbocycles. The maximum Gasteiger partial charge on any atom is 0.396 e. The summed E-state index contributed by atoms with van der Waals surface area (Å²) in [6.07, 6.45) is -5.85. The van der Waals surface area contributed by atoms with E-state index in [1.165, 1.54) is 12.1 Å². The van der Waals surface area contributed by atoms with Gasteiger partial charge in [0, 0.05) is 5.56 Å². The first-order valence-electron chi connectivity index (χ1n) is 5.30. The molecule has 1 aromatic carbocycles. The Labute approximate surface area is 98.6 Å². The number of carbonyl (C=O) groups is 1. The van der Waals surface area contributed by atoms with Gasteiger partial charge in [-0.25, -0.2) is 0 Å². The average Bonchev–Trinajstić information content (AvgIpc) is 2.14. The minimum atomic E-state index is -4.45. The molecule has 0 amide bonds. The van der Waals surface area contributed by atoms with Crippen LogP contribution in [0, 0.1) is 0 Å². The second kappa shape index (κ2) is 4.51. The van der Waals surface area contributed by atoms with Crippen molar-refractivity contribution in [2.75, 3.05) is 0 Å². The summed E-state index contributed by atoms with van der Waals surface area (Å²) in [6.45, 7) is 5.83. The molecule has 0 bridgehead atoms. The van der Waals surface area contributed by atoms with Gasteiger partial charge in [-0.2, -0.15) is 13.2 Å². The molecule has 0 aliphatic carbocycles. The Bertz CT molecular complexity index is 413. The molecule has 1 aromatic rings. The number of benzene rings is 1. The first kappa shape index (κ1) is 13.7. The van der Waals surface area contributed by atoms with E-state index in [0.717, 1.165) is 5.56 Å². The smallest absolute Gasteiger partial charge is 0.294 e. The van der Waals surface area contributed by atoms with Crippen LogP contribution in [0.2, 0.25) is 0 Å². The highest BCUT2D eigenvalue weighted by Gasteiger charge is 2.31. The van der Waals surface area contributed by atoms with Gasteiger partial charge in [0.05, 0.1) is 0 Å². The van der Waals surface area contributed by atoms with Crippen LogP contribution >= 0.6 is 0 Å². The zero-order valence-corrected chi connectivity index (χ0v) is 10.1. The zero-order chi connectivity index (χ0) is 13.3. The predicted octanol–water partition coefficient (Wildman–Crippen LogP) is 4.12. The van der Waals surface area contributed by atoms with E-state index in [0.29, 0.717) is 0 Å². The zero-order valence-electron chi connectivity index (χ0n) is 10.1. The van der Waals surface area contributed by atoms with Crippen molar-refractivity contribution >= 4 is 5.78 Å². The second-order valence-electron chi connectivity index (χ2n) is 5.05. The van der Waals surface area contributed by atoms with E-state index in [1.807, 2.05) is 26.8 Å². The van der Waals surface area contributed by atoms with Crippen LogP contribution in [0.1, 0.15) is 43.1 Å². The van der Waals surface area contributed by atoms with Crippen LogP contribution in [-0.2, 0) is 5.41 Å². The fraction of sp³-hybridized carbons (Fsp3) is 0.462. The first-order chi connectivity index (χ1) is 7.59. The van der Waals surface area contributed by atoms with E-state index in [2.05, 4.69) is 0 Å². The minimum Gasteiger partial charge on any atom is -0.294 e. The van der Waals surface area contributed by atoms with Crippen molar-refractivity contribution in [3.05, 3.63) is 35.4 Å². The number of hydrogen-bond donors (Lipinski definition) is 0. The molecule has 0 unspecified atom stereocenters. The fourth-order valence-corrected chi connectivity index (χ4v) is 1.44. The fourth-order valence-electron chi connectivity index (χ4n) is 1.44. The van der Waals surface area contributed by atoms with Gasteiger partial charge in [0.15, 0.2) is 5.78 Å². The quantitative estimate of drug-likeness (QED) is 0.715. The molecule has 0 fully saturated rings. The molecule has 0 N–H and O–H groups in total. The lowest BCUT2D eigenvalue weighted by atomic mass is 9.85. The Morgan fingerprint density at radius 1 is 1.18 bits per heavy atom. The number of hydrogen-bond acceptors (Lipinski definition) is 1. The summed E-state index contributed by atoms with van der Waals surface area (Å²) in [5.74, 6) is -0.886. The number of carbonyl (C=O) groups excluding carboxylic acids is 1. The Hall–Kier alpha value is -1.32. The van der Waals surface area contributed by atoms with E-state index in [-0.39, 0.29) is 11.0 Å². The van der Waals surface area contributed by atoms with Gasteiger partial charge < -0.3 is 0 Å². The topological polar surface area (TPSA) is 17.1 Å². The lowest BCUT2D eigenvalue weighted by Gasteiger charge is -2.19. The van der Waals surface area contributed by atoms with E-state index in [1.54, 1.807) is 6.07 Å². The molecule has 0 heterocycles. The standard InChI is InChI=1S/C13H15F3O/c1-12(2,3)10-6-4-5-9(7-10)11(17)8-13(14,15)16/h4-7H,8H2,1-3H3. The van der Waals surface area contributed by atoms with Gasteiger partial charge in [0.2, 0.25) is 0 Å². The molecule has 1 rings (SSSR count). The molecule has 4 heteroatoms. The molecule has 0 radical (unpaired) electrons. The van der Waals surface area contributed by atoms with Crippen molar-refractivity contribution in [2.45, 2.75) is 38.8 Å². The largest absolute Gasteiger partial charge is 0.396 e. The summed E-state index contributed by atoms with van der Waals surface area (Å²) in [5, 5.41) is 0.